The third-order valence-corrected chi connectivity index (χ3v) is 3.80. The summed E-state index contributed by atoms with van der Waals surface area (Å²) in [6, 6.07) is 4.78. The number of aromatic carboxylic acids is 1. The number of aromatic nitrogens is 2. The molecule has 1 aromatic heterocycles. The summed E-state index contributed by atoms with van der Waals surface area (Å²) in [6.07, 6.45) is 0. The minimum absolute atomic E-state index is 0.100. The molecular formula is C9H5ClN2O2S2. The SMILES string of the molecule is O=C(O)c1ccc(Sc2nncs2)cc1Cl. The first kappa shape index (κ1) is 11.4. The van der Waals surface area contributed by atoms with Gasteiger partial charge in [0.25, 0.3) is 0 Å². The molecular weight excluding hydrogens is 268 g/mol. The van der Waals surface area contributed by atoms with Gasteiger partial charge in [0.15, 0.2) is 4.34 Å². The van der Waals surface area contributed by atoms with Crippen molar-refractivity contribution in [2.24, 2.45) is 0 Å². The Bertz CT molecular complexity index is 516. The van der Waals surface area contributed by atoms with E-state index in [0.717, 1.165) is 9.24 Å². The lowest BCUT2D eigenvalue weighted by molar-refractivity contribution is 0.0697. The second-order valence-electron chi connectivity index (χ2n) is 2.75. The summed E-state index contributed by atoms with van der Waals surface area (Å²) >= 11 is 8.65. The summed E-state index contributed by atoms with van der Waals surface area (Å²) in [6.45, 7) is 0. The van der Waals surface area contributed by atoms with Gasteiger partial charge in [-0.3, -0.25) is 0 Å². The molecule has 2 rings (SSSR count). The number of carboxylic acids is 1. The highest BCUT2D eigenvalue weighted by atomic mass is 35.5. The number of rotatable bonds is 3. The number of nitrogens with zero attached hydrogens (tertiary/aromatic N) is 2. The second kappa shape index (κ2) is 4.82. The van der Waals surface area contributed by atoms with Crippen LogP contribution in [0.5, 0.6) is 0 Å². The number of hydrogen-bond acceptors (Lipinski definition) is 5. The Hall–Kier alpha value is -1.11. The molecule has 0 radical (unpaired) electrons. The molecule has 0 saturated heterocycles. The van der Waals surface area contributed by atoms with Crippen LogP contribution < -0.4 is 0 Å². The molecule has 0 unspecified atom stereocenters. The number of carboxylic acid groups (broad SMARTS) is 1. The van der Waals surface area contributed by atoms with Crippen molar-refractivity contribution in [2.45, 2.75) is 9.24 Å². The lowest BCUT2D eigenvalue weighted by atomic mass is 10.2. The lowest BCUT2D eigenvalue weighted by Gasteiger charge is -2.01. The van der Waals surface area contributed by atoms with E-state index in [1.807, 2.05) is 0 Å². The van der Waals surface area contributed by atoms with E-state index in [2.05, 4.69) is 10.2 Å². The molecule has 1 N–H and O–H groups in total. The summed E-state index contributed by atoms with van der Waals surface area (Å²) in [4.78, 5) is 11.6. The number of carbonyl (C=O) groups is 1. The van der Waals surface area contributed by atoms with Crippen molar-refractivity contribution in [1.29, 1.82) is 0 Å². The molecule has 2 aromatic rings. The number of benzene rings is 1. The Labute approximate surface area is 104 Å². The zero-order chi connectivity index (χ0) is 11.5. The highest BCUT2D eigenvalue weighted by Crippen LogP contribution is 2.31. The summed E-state index contributed by atoms with van der Waals surface area (Å²) in [5, 5.41) is 16.6. The largest absolute Gasteiger partial charge is 0.478 e. The molecule has 0 aliphatic rings. The molecule has 16 heavy (non-hydrogen) atoms. The van der Waals surface area contributed by atoms with Crippen molar-refractivity contribution >= 4 is 40.7 Å². The van der Waals surface area contributed by atoms with E-state index in [1.54, 1.807) is 17.6 Å². The Morgan fingerprint density at radius 1 is 1.50 bits per heavy atom. The average Bonchev–Trinajstić information content (AvgIpc) is 2.70. The van der Waals surface area contributed by atoms with Gasteiger partial charge in [-0.15, -0.1) is 10.2 Å². The molecule has 7 heteroatoms. The quantitative estimate of drug-likeness (QED) is 0.930. The highest BCUT2D eigenvalue weighted by molar-refractivity contribution is 8.01. The van der Waals surface area contributed by atoms with Crippen LogP contribution in [0.4, 0.5) is 0 Å². The van der Waals surface area contributed by atoms with Crippen LogP contribution in [-0.4, -0.2) is 21.3 Å². The van der Waals surface area contributed by atoms with Gasteiger partial charge < -0.3 is 5.11 Å². The molecule has 0 aliphatic heterocycles. The molecule has 0 amide bonds. The smallest absolute Gasteiger partial charge is 0.337 e. The molecule has 0 bridgehead atoms. The van der Waals surface area contributed by atoms with Crippen molar-refractivity contribution in [3.63, 3.8) is 0 Å². The fourth-order valence-electron chi connectivity index (χ4n) is 1.04. The van der Waals surface area contributed by atoms with Crippen molar-refractivity contribution in [3.8, 4) is 0 Å². The monoisotopic (exact) mass is 272 g/mol. The first-order valence-electron chi connectivity index (χ1n) is 4.13. The van der Waals surface area contributed by atoms with Gasteiger partial charge in [-0.25, -0.2) is 4.79 Å². The zero-order valence-electron chi connectivity index (χ0n) is 7.75. The van der Waals surface area contributed by atoms with E-state index in [1.165, 1.54) is 29.2 Å². The first-order chi connectivity index (χ1) is 7.66. The molecule has 1 heterocycles. The standard InChI is InChI=1S/C9H5ClN2O2S2/c10-7-3-5(1-2-6(7)8(13)14)16-9-12-11-4-15-9/h1-4H,(H,13,14). The average molecular weight is 273 g/mol. The summed E-state index contributed by atoms with van der Waals surface area (Å²) in [5.74, 6) is -1.03. The van der Waals surface area contributed by atoms with Crippen LogP contribution in [0.3, 0.4) is 0 Å². The van der Waals surface area contributed by atoms with Crippen molar-refractivity contribution < 1.29 is 9.90 Å². The van der Waals surface area contributed by atoms with E-state index in [-0.39, 0.29) is 10.6 Å². The van der Waals surface area contributed by atoms with Gasteiger partial charge >= 0.3 is 5.97 Å². The summed E-state index contributed by atoms with van der Waals surface area (Å²) in [7, 11) is 0. The van der Waals surface area contributed by atoms with Crippen molar-refractivity contribution in [2.75, 3.05) is 0 Å². The normalized spacial score (nSPS) is 10.3. The van der Waals surface area contributed by atoms with Gasteiger partial charge in [-0.2, -0.15) is 0 Å². The maximum absolute atomic E-state index is 10.7. The molecule has 1 aromatic carbocycles. The molecule has 4 nitrogen and oxygen atoms in total. The van der Waals surface area contributed by atoms with E-state index < -0.39 is 5.97 Å². The second-order valence-corrected chi connectivity index (χ2v) is 5.31. The van der Waals surface area contributed by atoms with Crippen LogP contribution in [-0.2, 0) is 0 Å². The molecule has 0 fully saturated rings. The maximum Gasteiger partial charge on any atom is 0.337 e. The Morgan fingerprint density at radius 3 is 2.88 bits per heavy atom. The summed E-state index contributed by atoms with van der Waals surface area (Å²) < 4.78 is 0.791. The minimum Gasteiger partial charge on any atom is -0.478 e. The molecule has 0 spiro atoms. The van der Waals surface area contributed by atoms with E-state index >= 15 is 0 Å². The Kier molecular flexibility index (Phi) is 3.42. The topological polar surface area (TPSA) is 63.1 Å². The van der Waals surface area contributed by atoms with Crippen molar-refractivity contribution in [1.82, 2.24) is 10.2 Å². The fraction of sp³-hybridized carbons (Fsp3) is 0. The van der Waals surface area contributed by atoms with Crippen LogP contribution in [0, 0.1) is 0 Å². The molecule has 82 valence electrons. The maximum atomic E-state index is 10.7. The fourth-order valence-corrected chi connectivity index (χ4v) is 2.86. The molecule has 0 atom stereocenters. The van der Waals surface area contributed by atoms with Crippen LogP contribution >= 0.6 is 34.7 Å². The van der Waals surface area contributed by atoms with Crippen molar-refractivity contribution in [3.05, 3.63) is 34.3 Å². The number of hydrogen-bond donors (Lipinski definition) is 1. The third-order valence-electron chi connectivity index (χ3n) is 1.72. The zero-order valence-corrected chi connectivity index (χ0v) is 10.1. The molecule has 0 saturated carbocycles. The third kappa shape index (κ3) is 2.52. The van der Waals surface area contributed by atoms with Gasteiger partial charge in [-0.05, 0) is 18.2 Å². The lowest BCUT2D eigenvalue weighted by Crippen LogP contribution is -1.96. The predicted molar refractivity (Wildman–Crippen MR) is 62.4 cm³/mol. The first-order valence-corrected chi connectivity index (χ1v) is 6.21. The summed E-state index contributed by atoms with van der Waals surface area (Å²) in [5.41, 5.74) is 1.73. The minimum atomic E-state index is -1.03. The van der Waals surface area contributed by atoms with Crippen LogP contribution in [0.1, 0.15) is 10.4 Å². The Balaban J connectivity index is 2.24. The van der Waals surface area contributed by atoms with E-state index in [9.17, 15) is 4.79 Å². The van der Waals surface area contributed by atoms with Crippen LogP contribution in [0.15, 0.2) is 32.9 Å². The van der Waals surface area contributed by atoms with Gasteiger partial charge in [0, 0.05) is 4.90 Å². The van der Waals surface area contributed by atoms with Gasteiger partial charge in [0.2, 0.25) is 0 Å². The highest BCUT2D eigenvalue weighted by Gasteiger charge is 2.10. The van der Waals surface area contributed by atoms with Gasteiger partial charge in [0.05, 0.1) is 10.6 Å². The van der Waals surface area contributed by atoms with Gasteiger partial charge in [0.1, 0.15) is 5.51 Å². The van der Waals surface area contributed by atoms with E-state index in [4.69, 9.17) is 16.7 Å². The number of halogens is 1. The predicted octanol–water partition coefficient (Wildman–Crippen LogP) is 3.04. The van der Waals surface area contributed by atoms with Crippen LogP contribution in [0.2, 0.25) is 5.02 Å². The van der Waals surface area contributed by atoms with Gasteiger partial charge in [-0.1, -0.05) is 34.7 Å². The Morgan fingerprint density at radius 2 is 2.31 bits per heavy atom. The molecule has 0 aliphatic carbocycles. The van der Waals surface area contributed by atoms with E-state index in [0.29, 0.717) is 0 Å². The van der Waals surface area contributed by atoms with Crippen LogP contribution in [0.25, 0.3) is 0 Å².